The molecular weight excluding hydrogens is 186 g/mol. The molecule has 0 fully saturated rings. The molecule has 0 N–H and O–H groups in total. The van der Waals surface area contributed by atoms with Crippen molar-refractivity contribution in [3.8, 4) is 0 Å². The van der Waals surface area contributed by atoms with Gasteiger partial charge >= 0.3 is 0 Å². The van der Waals surface area contributed by atoms with Crippen molar-refractivity contribution in [1.82, 2.24) is 0 Å². The predicted molar refractivity (Wildman–Crippen MR) is 54.2 cm³/mol. The Morgan fingerprint density at radius 3 is 2.77 bits per heavy atom. The standard InChI is InChI=1S/C9H11NO2S/c1-3-13-9-6-8(10(11)12)5-4-7(9)2/h4-6H,3H2,1-2H3. The molecular formula is C9H11NO2S. The molecule has 0 atom stereocenters. The summed E-state index contributed by atoms with van der Waals surface area (Å²) in [5, 5.41) is 10.5. The number of rotatable bonds is 3. The number of non-ortho nitro benzene ring substituents is 1. The average molecular weight is 197 g/mol. The van der Waals surface area contributed by atoms with Crippen molar-refractivity contribution < 1.29 is 4.92 Å². The molecule has 4 heteroatoms. The summed E-state index contributed by atoms with van der Waals surface area (Å²) in [6.45, 7) is 3.99. The van der Waals surface area contributed by atoms with E-state index >= 15 is 0 Å². The fourth-order valence-corrected chi connectivity index (χ4v) is 1.82. The highest BCUT2D eigenvalue weighted by Gasteiger charge is 2.07. The second-order valence-corrected chi connectivity index (χ2v) is 3.95. The molecule has 0 spiro atoms. The fourth-order valence-electron chi connectivity index (χ4n) is 1.01. The van der Waals surface area contributed by atoms with Crippen molar-refractivity contribution >= 4 is 17.4 Å². The molecule has 1 aromatic carbocycles. The lowest BCUT2D eigenvalue weighted by Crippen LogP contribution is -1.89. The minimum Gasteiger partial charge on any atom is -0.258 e. The van der Waals surface area contributed by atoms with Crippen LogP contribution in [0, 0.1) is 17.0 Å². The van der Waals surface area contributed by atoms with Gasteiger partial charge in [0.2, 0.25) is 0 Å². The zero-order valence-corrected chi connectivity index (χ0v) is 8.43. The number of thioether (sulfide) groups is 1. The number of aryl methyl sites for hydroxylation is 1. The van der Waals surface area contributed by atoms with Gasteiger partial charge in [-0.05, 0) is 18.2 Å². The van der Waals surface area contributed by atoms with Gasteiger partial charge in [-0.2, -0.15) is 0 Å². The van der Waals surface area contributed by atoms with Gasteiger partial charge in [0, 0.05) is 17.0 Å². The maximum atomic E-state index is 10.5. The number of benzene rings is 1. The predicted octanol–water partition coefficient (Wildman–Crippen LogP) is 3.02. The Bertz CT molecular complexity index is 325. The second-order valence-electron chi connectivity index (χ2n) is 2.64. The van der Waals surface area contributed by atoms with Crippen LogP contribution in [0.2, 0.25) is 0 Å². The van der Waals surface area contributed by atoms with Crippen LogP contribution in [-0.4, -0.2) is 10.7 Å². The molecule has 0 unspecified atom stereocenters. The van der Waals surface area contributed by atoms with Crippen LogP contribution in [0.4, 0.5) is 5.69 Å². The maximum Gasteiger partial charge on any atom is 0.270 e. The van der Waals surface area contributed by atoms with Crippen molar-refractivity contribution in [3.05, 3.63) is 33.9 Å². The number of hydrogen-bond donors (Lipinski definition) is 0. The Morgan fingerprint density at radius 1 is 1.54 bits per heavy atom. The zero-order chi connectivity index (χ0) is 9.84. The number of nitro benzene ring substituents is 1. The van der Waals surface area contributed by atoms with E-state index in [1.165, 1.54) is 6.07 Å². The number of nitrogens with zero attached hydrogens (tertiary/aromatic N) is 1. The SMILES string of the molecule is CCSc1cc([N+](=O)[O-])ccc1C. The zero-order valence-electron chi connectivity index (χ0n) is 7.61. The molecule has 0 saturated carbocycles. The molecule has 0 bridgehead atoms. The van der Waals surface area contributed by atoms with Crippen LogP contribution in [0.25, 0.3) is 0 Å². The van der Waals surface area contributed by atoms with E-state index in [2.05, 4.69) is 0 Å². The Labute approximate surface area is 81.3 Å². The van der Waals surface area contributed by atoms with E-state index in [4.69, 9.17) is 0 Å². The molecule has 0 aliphatic rings. The second kappa shape index (κ2) is 4.28. The van der Waals surface area contributed by atoms with Crippen molar-refractivity contribution in [2.45, 2.75) is 18.7 Å². The Balaban J connectivity index is 3.03. The van der Waals surface area contributed by atoms with E-state index in [0.717, 1.165) is 16.2 Å². The van der Waals surface area contributed by atoms with Crippen LogP contribution in [-0.2, 0) is 0 Å². The van der Waals surface area contributed by atoms with E-state index in [-0.39, 0.29) is 10.6 Å². The van der Waals surface area contributed by atoms with Crippen LogP contribution >= 0.6 is 11.8 Å². The molecule has 0 aliphatic carbocycles. The topological polar surface area (TPSA) is 43.1 Å². The van der Waals surface area contributed by atoms with Crippen molar-refractivity contribution in [1.29, 1.82) is 0 Å². The maximum absolute atomic E-state index is 10.5. The van der Waals surface area contributed by atoms with Gasteiger partial charge in [-0.15, -0.1) is 11.8 Å². The van der Waals surface area contributed by atoms with Crippen LogP contribution < -0.4 is 0 Å². The summed E-state index contributed by atoms with van der Waals surface area (Å²) in [5.74, 6) is 0.933. The summed E-state index contributed by atoms with van der Waals surface area (Å²) in [6, 6.07) is 4.95. The number of nitro groups is 1. The van der Waals surface area contributed by atoms with Crippen LogP contribution in [0.1, 0.15) is 12.5 Å². The Kier molecular flexibility index (Phi) is 3.31. The molecule has 0 saturated heterocycles. The summed E-state index contributed by atoms with van der Waals surface area (Å²) >= 11 is 1.63. The lowest BCUT2D eigenvalue weighted by Gasteiger charge is -2.02. The lowest BCUT2D eigenvalue weighted by molar-refractivity contribution is -0.385. The molecule has 0 radical (unpaired) electrons. The number of hydrogen-bond acceptors (Lipinski definition) is 3. The smallest absolute Gasteiger partial charge is 0.258 e. The summed E-state index contributed by atoms with van der Waals surface area (Å²) in [5.41, 5.74) is 1.26. The van der Waals surface area contributed by atoms with Crippen LogP contribution in [0.15, 0.2) is 23.1 Å². The average Bonchev–Trinajstić information content (AvgIpc) is 2.08. The van der Waals surface area contributed by atoms with Crippen molar-refractivity contribution in [2.75, 3.05) is 5.75 Å². The summed E-state index contributed by atoms with van der Waals surface area (Å²) < 4.78 is 0. The van der Waals surface area contributed by atoms with Gasteiger partial charge in [0.1, 0.15) is 0 Å². The minimum absolute atomic E-state index is 0.168. The molecule has 70 valence electrons. The molecule has 0 aliphatic heterocycles. The van der Waals surface area contributed by atoms with E-state index in [9.17, 15) is 10.1 Å². The highest BCUT2D eigenvalue weighted by Crippen LogP contribution is 2.26. The summed E-state index contributed by atoms with van der Waals surface area (Å²) in [4.78, 5) is 11.1. The molecule has 0 aromatic heterocycles. The Morgan fingerprint density at radius 2 is 2.23 bits per heavy atom. The van der Waals surface area contributed by atoms with Gasteiger partial charge in [0.15, 0.2) is 0 Å². The third kappa shape index (κ3) is 2.45. The molecule has 1 aromatic rings. The molecule has 0 amide bonds. The first-order chi connectivity index (χ1) is 6.15. The lowest BCUT2D eigenvalue weighted by atomic mass is 10.2. The molecule has 3 nitrogen and oxygen atoms in total. The summed E-state index contributed by atoms with van der Waals surface area (Å²) in [6.07, 6.45) is 0. The third-order valence-electron chi connectivity index (χ3n) is 1.68. The van der Waals surface area contributed by atoms with Crippen LogP contribution in [0.3, 0.4) is 0 Å². The van der Waals surface area contributed by atoms with Crippen molar-refractivity contribution in [3.63, 3.8) is 0 Å². The van der Waals surface area contributed by atoms with E-state index in [0.29, 0.717) is 0 Å². The van der Waals surface area contributed by atoms with Gasteiger partial charge in [0.25, 0.3) is 5.69 Å². The quantitative estimate of drug-likeness (QED) is 0.425. The van der Waals surface area contributed by atoms with Gasteiger partial charge in [-0.1, -0.05) is 13.0 Å². The highest BCUT2D eigenvalue weighted by atomic mass is 32.2. The van der Waals surface area contributed by atoms with E-state index in [1.54, 1.807) is 23.9 Å². The van der Waals surface area contributed by atoms with Gasteiger partial charge in [-0.3, -0.25) is 10.1 Å². The van der Waals surface area contributed by atoms with Gasteiger partial charge in [-0.25, -0.2) is 0 Å². The molecule has 0 heterocycles. The fraction of sp³-hybridized carbons (Fsp3) is 0.333. The van der Waals surface area contributed by atoms with Gasteiger partial charge < -0.3 is 0 Å². The monoisotopic (exact) mass is 197 g/mol. The molecule has 13 heavy (non-hydrogen) atoms. The first-order valence-electron chi connectivity index (χ1n) is 4.03. The van der Waals surface area contributed by atoms with Gasteiger partial charge in [0.05, 0.1) is 4.92 Å². The van der Waals surface area contributed by atoms with E-state index < -0.39 is 0 Å². The molecule has 1 rings (SSSR count). The van der Waals surface area contributed by atoms with E-state index in [1.807, 2.05) is 13.8 Å². The minimum atomic E-state index is -0.362. The van der Waals surface area contributed by atoms with Crippen molar-refractivity contribution in [2.24, 2.45) is 0 Å². The van der Waals surface area contributed by atoms with Crippen LogP contribution in [0.5, 0.6) is 0 Å². The normalized spacial score (nSPS) is 10.0. The first kappa shape index (κ1) is 10.1. The third-order valence-corrected chi connectivity index (χ3v) is 2.72. The highest BCUT2D eigenvalue weighted by molar-refractivity contribution is 7.99. The Hall–Kier alpha value is -1.03. The first-order valence-corrected chi connectivity index (χ1v) is 5.01. The summed E-state index contributed by atoms with van der Waals surface area (Å²) in [7, 11) is 0. The largest absolute Gasteiger partial charge is 0.270 e.